The van der Waals surface area contributed by atoms with Crippen LogP contribution in [0.4, 0.5) is 0 Å². The SMILES string of the molecule is O=C(NN=Cc1cc(Cl)c(OCc2ccccc2Cl)c(Br)c1)c1cc2ccccc2cc1O. The molecule has 5 nitrogen and oxygen atoms in total. The van der Waals surface area contributed by atoms with Crippen LogP contribution in [0.5, 0.6) is 11.5 Å². The first-order chi connectivity index (χ1) is 15.9. The summed E-state index contributed by atoms with van der Waals surface area (Å²) >= 11 is 16.0. The minimum atomic E-state index is -0.528. The third kappa shape index (κ3) is 5.47. The number of halogens is 3. The maximum atomic E-state index is 12.5. The van der Waals surface area contributed by atoms with E-state index in [1.54, 1.807) is 30.3 Å². The molecule has 0 aromatic heterocycles. The fraction of sp³-hybridized carbons (Fsp3) is 0.0400. The second-order valence-electron chi connectivity index (χ2n) is 7.11. The second kappa shape index (κ2) is 10.3. The number of amides is 1. The molecule has 0 saturated heterocycles. The van der Waals surface area contributed by atoms with Crippen LogP contribution < -0.4 is 10.2 Å². The van der Waals surface area contributed by atoms with Crippen molar-refractivity contribution in [3.63, 3.8) is 0 Å². The lowest BCUT2D eigenvalue weighted by Gasteiger charge is -2.12. The molecule has 0 fully saturated rings. The number of hydrogen-bond acceptors (Lipinski definition) is 4. The van der Waals surface area contributed by atoms with E-state index >= 15 is 0 Å². The van der Waals surface area contributed by atoms with Crippen molar-refractivity contribution < 1.29 is 14.6 Å². The Morgan fingerprint density at radius 1 is 1.00 bits per heavy atom. The average Bonchev–Trinajstić information content (AvgIpc) is 2.79. The number of phenolic OH excluding ortho intramolecular Hbond substituents is 1. The van der Waals surface area contributed by atoms with Crippen LogP contribution in [0.2, 0.25) is 10.0 Å². The van der Waals surface area contributed by atoms with Gasteiger partial charge in [-0.15, -0.1) is 0 Å². The maximum Gasteiger partial charge on any atom is 0.275 e. The van der Waals surface area contributed by atoms with Gasteiger partial charge in [0.2, 0.25) is 0 Å². The Morgan fingerprint density at radius 2 is 1.70 bits per heavy atom. The molecule has 0 heterocycles. The Balaban J connectivity index is 1.45. The molecule has 2 N–H and O–H groups in total. The van der Waals surface area contributed by atoms with E-state index in [1.807, 2.05) is 42.5 Å². The smallest absolute Gasteiger partial charge is 0.275 e. The van der Waals surface area contributed by atoms with Crippen LogP contribution in [-0.2, 0) is 6.61 Å². The van der Waals surface area contributed by atoms with E-state index < -0.39 is 5.91 Å². The number of fused-ring (bicyclic) bond motifs is 1. The molecular weight excluding hydrogens is 527 g/mol. The number of nitrogens with one attached hydrogen (secondary N) is 1. The summed E-state index contributed by atoms with van der Waals surface area (Å²) in [7, 11) is 0. The lowest BCUT2D eigenvalue weighted by atomic mass is 10.1. The second-order valence-corrected chi connectivity index (χ2v) is 8.78. The van der Waals surface area contributed by atoms with Crippen molar-refractivity contribution in [2.75, 3.05) is 0 Å². The third-order valence-corrected chi connectivity index (χ3v) is 6.08. The summed E-state index contributed by atoms with van der Waals surface area (Å²) in [4.78, 5) is 12.5. The van der Waals surface area contributed by atoms with Crippen LogP contribution in [0.1, 0.15) is 21.5 Å². The number of nitrogens with zero attached hydrogens (tertiary/aromatic N) is 1. The van der Waals surface area contributed by atoms with Gasteiger partial charge in [-0.3, -0.25) is 4.79 Å². The van der Waals surface area contributed by atoms with Crippen molar-refractivity contribution >= 4 is 62.0 Å². The molecule has 0 aliphatic heterocycles. The molecule has 166 valence electrons. The summed E-state index contributed by atoms with van der Waals surface area (Å²) in [5, 5.41) is 16.8. The van der Waals surface area contributed by atoms with Crippen molar-refractivity contribution in [2.45, 2.75) is 6.61 Å². The lowest BCUT2D eigenvalue weighted by molar-refractivity contribution is 0.0952. The van der Waals surface area contributed by atoms with E-state index in [1.165, 1.54) is 6.21 Å². The fourth-order valence-corrected chi connectivity index (χ4v) is 4.37. The van der Waals surface area contributed by atoms with Crippen LogP contribution in [0.15, 0.2) is 82.4 Å². The van der Waals surface area contributed by atoms with Gasteiger partial charge in [0.15, 0.2) is 5.75 Å². The Labute approximate surface area is 208 Å². The highest BCUT2D eigenvalue weighted by Gasteiger charge is 2.13. The lowest BCUT2D eigenvalue weighted by Crippen LogP contribution is -2.17. The minimum absolute atomic E-state index is 0.118. The van der Waals surface area contributed by atoms with Crippen LogP contribution in [-0.4, -0.2) is 17.2 Å². The van der Waals surface area contributed by atoms with Crippen LogP contribution >= 0.6 is 39.1 Å². The molecule has 4 aromatic carbocycles. The monoisotopic (exact) mass is 542 g/mol. The zero-order valence-electron chi connectivity index (χ0n) is 17.1. The number of rotatable bonds is 6. The molecule has 33 heavy (non-hydrogen) atoms. The summed E-state index contributed by atoms with van der Waals surface area (Å²) in [6.45, 7) is 0.261. The van der Waals surface area contributed by atoms with Gasteiger partial charge < -0.3 is 9.84 Å². The molecule has 0 unspecified atom stereocenters. The molecule has 0 atom stereocenters. The molecule has 1 amide bonds. The molecule has 0 aliphatic rings. The molecule has 0 bridgehead atoms. The fourth-order valence-electron chi connectivity index (χ4n) is 3.19. The normalized spacial score (nSPS) is 11.1. The third-order valence-electron chi connectivity index (χ3n) is 4.84. The summed E-state index contributed by atoms with van der Waals surface area (Å²) in [5.74, 6) is -0.176. The Bertz CT molecular complexity index is 1350. The van der Waals surface area contributed by atoms with Crippen molar-refractivity contribution in [2.24, 2.45) is 5.10 Å². The number of phenols is 1. The number of ether oxygens (including phenoxy) is 1. The van der Waals surface area contributed by atoms with Crippen molar-refractivity contribution in [3.8, 4) is 11.5 Å². The standard InChI is InChI=1S/C25H17BrCl2N2O3/c26-20-9-15(10-22(28)24(20)33-14-18-7-3-4-8-21(18)27)13-29-30-25(32)19-11-16-5-1-2-6-17(16)12-23(19)31/h1-13,31H,14H2,(H,30,32). The average molecular weight is 544 g/mol. The molecule has 4 rings (SSSR count). The highest BCUT2D eigenvalue weighted by Crippen LogP contribution is 2.35. The molecule has 4 aromatic rings. The zero-order chi connectivity index (χ0) is 23.4. The first-order valence-electron chi connectivity index (χ1n) is 9.83. The van der Waals surface area contributed by atoms with Crippen molar-refractivity contribution in [3.05, 3.63) is 104 Å². The van der Waals surface area contributed by atoms with Gasteiger partial charge >= 0.3 is 0 Å². The summed E-state index contributed by atoms with van der Waals surface area (Å²) in [6, 6.07) is 21.4. The topological polar surface area (TPSA) is 70.9 Å². The largest absolute Gasteiger partial charge is 0.507 e. The molecule has 8 heteroatoms. The Morgan fingerprint density at radius 3 is 2.42 bits per heavy atom. The first kappa shape index (κ1) is 23.1. The van der Waals surface area contributed by atoms with E-state index in [0.717, 1.165) is 16.3 Å². The van der Waals surface area contributed by atoms with Crippen LogP contribution in [0, 0.1) is 0 Å². The summed E-state index contributed by atoms with van der Waals surface area (Å²) < 4.78 is 6.46. The number of aromatic hydroxyl groups is 1. The molecular formula is C25H17BrCl2N2O3. The Kier molecular flexibility index (Phi) is 7.18. The highest BCUT2D eigenvalue weighted by molar-refractivity contribution is 9.10. The van der Waals surface area contributed by atoms with Gasteiger partial charge in [0, 0.05) is 10.6 Å². The van der Waals surface area contributed by atoms with Crippen LogP contribution in [0.3, 0.4) is 0 Å². The maximum absolute atomic E-state index is 12.5. The highest BCUT2D eigenvalue weighted by atomic mass is 79.9. The number of hydrogen-bond donors (Lipinski definition) is 2. The minimum Gasteiger partial charge on any atom is -0.507 e. The van der Waals surface area contributed by atoms with Crippen LogP contribution in [0.25, 0.3) is 10.8 Å². The Hall–Kier alpha value is -3.06. The summed E-state index contributed by atoms with van der Waals surface area (Å²) in [6.07, 6.45) is 1.45. The number of carbonyl (C=O) groups is 1. The predicted molar refractivity (Wildman–Crippen MR) is 136 cm³/mol. The quantitative estimate of drug-likeness (QED) is 0.204. The van der Waals surface area contributed by atoms with E-state index in [0.29, 0.717) is 25.8 Å². The van der Waals surface area contributed by atoms with Gasteiger partial charge in [0.25, 0.3) is 5.91 Å². The van der Waals surface area contributed by atoms with E-state index in [-0.39, 0.29) is 17.9 Å². The van der Waals surface area contributed by atoms with E-state index in [4.69, 9.17) is 27.9 Å². The van der Waals surface area contributed by atoms with Gasteiger partial charge in [-0.2, -0.15) is 5.10 Å². The van der Waals surface area contributed by atoms with Gasteiger partial charge in [-0.05, 0) is 62.6 Å². The number of carbonyl (C=O) groups excluding carboxylic acids is 1. The first-order valence-corrected chi connectivity index (χ1v) is 11.4. The summed E-state index contributed by atoms with van der Waals surface area (Å²) in [5.41, 5.74) is 4.04. The number of benzene rings is 4. The number of hydrazone groups is 1. The van der Waals surface area contributed by atoms with E-state index in [2.05, 4.69) is 26.5 Å². The van der Waals surface area contributed by atoms with Crippen molar-refractivity contribution in [1.82, 2.24) is 5.43 Å². The molecule has 0 radical (unpaired) electrons. The van der Waals surface area contributed by atoms with Gasteiger partial charge in [0.05, 0.1) is 21.3 Å². The predicted octanol–water partition coefficient (Wildman–Crippen LogP) is 6.96. The van der Waals surface area contributed by atoms with Gasteiger partial charge in [0.1, 0.15) is 12.4 Å². The van der Waals surface area contributed by atoms with Gasteiger partial charge in [-0.25, -0.2) is 5.43 Å². The van der Waals surface area contributed by atoms with E-state index in [9.17, 15) is 9.90 Å². The molecule has 0 saturated carbocycles. The van der Waals surface area contributed by atoms with Gasteiger partial charge in [-0.1, -0.05) is 65.7 Å². The van der Waals surface area contributed by atoms with Crippen molar-refractivity contribution in [1.29, 1.82) is 0 Å². The zero-order valence-corrected chi connectivity index (χ0v) is 20.2. The molecule has 0 aliphatic carbocycles. The molecule has 0 spiro atoms.